The van der Waals surface area contributed by atoms with Crippen molar-refractivity contribution in [2.45, 2.75) is 67.7 Å². The van der Waals surface area contributed by atoms with E-state index in [0.717, 1.165) is 17.8 Å². The molecule has 0 radical (unpaired) electrons. The Morgan fingerprint density at radius 3 is 1.79 bits per heavy atom. The smallest absolute Gasteiger partial charge is 0.0277 e. The first-order valence-electron chi connectivity index (χ1n) is 6.34. The zero-order valence-corrected chi connectivity index (χ0v) is 11.4. The molecule has 2 atom stereocenters. The van der Waals surface area contributed by atoms with Gasteiger partial charge in [0.05, 0.1) is 0 Å². The maximum Gasteiger partial charge on any atom is -0.0277 e. The van der Waals surface area contributed by atoms with Crippen LogP contribution >= 0.6 is 0 Å². The highest BCUT2D eigenvalue weighted by atomic mass is 14.4. The minimum Gasteiger partial charge on any atom is -0.0651 e. The molecule has 0 aromatic heterocycles. The maximum atomic E-state index is 2.48. The van der Waals surface area contributed by atoms with E-state index in [4.69, 9.17) is 0 Å². The van der Waals surface area contributed by atoms with Crippen LogP contribution in [0.25, 0.3) is 0 Å². The third-order valence-corrected chi connectivity index (χ3v) is 4.32. The molecule has 0 aliphatic rings. The quantitative estimate of drug-likeness (QED) is 0.555. The maximum absolute atomic E-state index is 2.48. The molecule has 0 aromatic rings. The molecule has 0 amide bonds. The Bertz CT molecular complexity index is 146. The number of hydrogen-bond acceptors (Lipinski definition) is 0. The fraction of sp³-hybridized carbons (Fsp3) is 1.00. The van der Waals surface area contributed by atoms with Crippen LogP contribution in [0.5, 0.6) is 0 Å². The molecule has 0 saturated heterocycles. The zero-order chi connectivity index (χ0) is 11.4. The standard InChI is InChI=1S/C14H30/c1-8-13(6)14(7,12(4)5)10-9-11(2)3/h11-13H,8-10H2,1-7H3. The molecule has 0 aromatic carbocycles. The Kier molecular flexibility index (Phi) is 5.78. The summed E-state index contributed by atoms with van der Waals surface area (Å²) in [6.07, 6.45) is 4.07. The van der Waals surface area contributed by atoms with Crippen molar-refractivity contribution in [2.75, 3.05) is 0 Å². The lowest BCUT2D eigenvalue weighted by Gasteiger charge is -2.40. The van der Waals surface area contributed by atoms with Gasteiger partial charge in [-0.2, -0.15) is 0 Å². The summed E-state index contributed by atoms with van der Waals surface area (Å²) < 4.78 is 0. The molecule has 0 saturated carbocycles. The van der Waals surface area contributed by atoms with Gasteiger partial charge >= 0.3 is 0 Å². The highest BCUT2D eigenvalue weighted by Gasteiger charge is 2.32. The van der Waals surface area contributed by atoms with E-state index in [2.05, 4.69) is 48.5 Å². The largest absolute Gasteiger partial charge is 0.0651 e. The second kappa shape index (κ2) is 5.78. The van der Waals surface area contributed by atoms with Gasteiger partial charge in [-0.3, -0.25) is 0 Å². The summed E-state index contributed by atoms with van der Waals surface area (Å²) in [7, 11) is 0. The van der Waals surface area contributed by atoms with Crippen LogP contribution in [-0.2, 0) is 0 Å². The van der Waals surface area contributed by atoms with Crippen LogP contribution in [0.3, 0.4) is 0 Å². The van der Waals surface area contributed by atoms with E-state index in [0.29, 0.717) is 5.41 Å². The van der Waals surface area contributed by atoms with Crippen molar-refractivity contribution in [3.8, 4) is 0 Å². The minimum atomic E-state index is 0.541. The highest BCUT2D eigenvalue weighted by molar-refractivity contribution is 4.82. The first-order chi connectivity index (χ1) is 6.34. The van der Waals surface area contributed by atoms with E-state index < -0.39 is 0 Å². The molecule has 0 N–H and O–H groups in total. The second-order valence-corrected chi connectivity index (χ2v) is 5.90. The summed E-state index contributed by atoms with van der Waals surface area (Å²) in [4.78, 5) is 0. The van der Waals surface area contributed by atoms with Gasteiger partial charge in [-0.25, -0.2) is 0 Å². The van der Waals surface area contributed by atoms with Gasteiger partial charge in [-0.15, -0.1) is 0 Å². The molecule has 0 bridgehead atoms. The summed E-state index contributed by atoms with van der Waals surface area (Å²) in [5, 5.41) is 0. The average molecular weight is 198 g/mol. The predicted octanol–water partition coefficient (Wildman–Crippen LogP) is 5.13. The van der Waals surface area contributed by atoms with Crippen molar-refractivity contribution in [2.24, 2.45) is 23.2 Å². The first-order valence-corrected chi connectivity index (χ1v) is 6.34. The van der Waals surface area contributed by atoms with Gasteiger partial charge in [-0.1, -0.05) is 61.3 Å². The SMILES string of the molecule is CCC(C)C(C)(CCC(C)C)C(C)C. The molecule has 14 heavy (non-hydrogen) atoms. The Morgan fingerprint density at radius 1 is 1.00 bits per heavy atom. The van der Waals surface area contributed by atoms with Crippen LogP contribution in [0.2, 0.25) is 0 Å². The van der Waals surface area contributed by atoms with Crippen LogP contribution in [-0.4, -0.2) is 0 Å². The fourth-order valence-corrected chi connectivity index (χ4v) is 2.17. The molecule has 0 aliphatic carbocycles. The molecule has 0 nitrogen and oxygen atoms in total. The van der Waals surface area contributed by atoms with Crippen molar-refractivity contribution in [3.63, 3.8) is 0 Å². The lowest BCUT2D eigenvalue weighted by Crippen LogP contribution is -2.31. The lowest BCUT2D eigenvalue weighted by molar-refractivity contribution is 0.0999. The van der Waals surface area contributed by atoms with E-state index in [1.165, 1.54) is 19.3 Å². The van der Waals surface area contributed by atoms with Gasteiger partial charge in [0.15, 0.2) is 0 Å². The summed E-state index contributed by atoms with van der Waals surface area (Å²) in [5.41, 5.74) is 0.541. The number of rotatable bonds is 6. The third-order valence-electron chi connectivity index (χ3n) is 4.32. The minimum absolute atomic E-state index is 0.541. The van der Waals surface area contributed by atoms with Gasteiger partial charge in [0, 0.05) is 0 Å². The number of hydrogen-bond donors (Lipinski definition) is 0. The topological polar surface area (TPSA) is 0 Å². The molecule has 0 rings (SSSR count). The average Bonchev–Trinajstić information content (AvgIpc) is 2.12. The molecule has 0 fully saturated rings. The second-order valence-electron chi connectivity index (χ2n) is 5.90. The normalized spacial score (nSPS) is 18.6. The zero-order valence-electron chi connectivity index (χ0n) is 11.4. The highest BCUT2D eigenvalue weighted by Crippen LogP contribution is 2.42. The lowest BCUT2D eigenvalue weighted by atomic mass is 9.65. The summed E-state index contributed by atoms with van der Waals surface area (Å²) in [5.74, 6) is 2.49. The molecule has 86 valence electrons. The monoisotopic (exact) mass is 198 g/mol. The van der Waals surface area contributed by atoms with Crippen LogP contribution in [0.15, 0.2) is 0 Å². The van der Waals surface area contributed by atoms with Crippen molar-refractivity contribution in [1.29, 1.82) is 0 Å². The van der Waals surface area contributed by atoms with E-state index in [1.54, 1.807) is 0 Å². The van der Waals surface area contributed by atoms with E-state index in [1.807, 2.05) is 0 Å². The summed E-state index contributed by atoms with van der Waals surface area (Å²) >= 11 is 0. The van der Waals surface area contributed by atoms with Crippen molar-refractivity contribution < 1.29 is 0 Å². The molecular weight excluding hydrogens is 168 g/mol. The van der Waals surface area contributed by atoms with Gasteiger partial charge in [-0.05, 0) is 29.6 Å². The van der Waals surface area contributed by atoms with Gasteiger partial charge in [0.2, 0.25) is 0 Å². The Morgan fingerprint density at radius 2 is 1.50 bits per heavy atom. The third kappa shape index (κ3) is 3.63. The van der Waals surface area contributed by atoms with Gasteiger partial charge in [0.1, 0.15) is 0 Å². The molecular formula is C14H30. The van der Waals surface area contributed by atoms with Gasteiger partial charge < -0.3 is 0 Å². The van der Waals surface area contributed by atoms with Crippen LogP contribution in [0.1, 0.15) is 67.7 Å². The summed E-state index contributed by atoms with van der Waals surface area (Å²) in [6, 6.07) is 0. The Hall–Kier alpha value is 0. The van der Waals surface area contributed by atoms with Crippen LogP contribution in [0.4, 0.5) is 0 Å². The van der Waals surface area contributed by atoms with E-state index >= 15 is 0 Å². The fourth-order valence-electron chi connectivity index (χ4n) is 2.17. The predicted molar refractivity (Wildman–Crippen MR) is 66.5 cm³/mol. The molecule has 0 aliphatic heterocycles. The molecule has 2 unspecified atom stereocenters. The van der Waals surface area contributed by atoms with Crippen LogP contribution in [0, 0.1) is 23.2 Å². The Labute approximate surface area is 91.5 Å². The van der Waals surface area contributed by atoms with E-state index in [9.17, 15) is 0 Å². The van der Waals surface area contributed by atoms with Gasteiger partial charge in [0.25, 0.3) is 0 Å². The van der Waals surface area contributed by atoms with Crippen molar-refractivity contribution >= 4 is 0 Å². The van der Waals surface area contributed by atoms with Crippen molar-refractivity contribution in [3.05, 3.63) is 0 Å². The Balaban J connectivity index is 4.39. The van der Waals surface area contributed by atoms with E-state index in [-0.39, 0.29) is 0 Å². The first kappa shape index (κ1) is 14.0. The molecule has 0 heteroatoms. The van der Waals surface area contributed by atoms with Crippen molar-refractivity contribution in [1.82, 2.24) is 0 Å². The molecule has 0 spiro atoms. The summed E-state index contributed by atoms with van der Waals surface area (Å²) in [6.45, 7) is 16.6. The molecule has 0 heterocycles. The van der Waals surface area contributed by atoms with Crippen LogP contribution < -0.4 is 0 Å².